The van der Waals surface area contributed by atoms with Gasteiger partial charge < -0.3 is 19.9 Å². The Morgan fingerprint density at radius 3 is 2.55 bits per heavy atom. The summed E-state index contributed by atoms with van der Waals surface area (Å²) < 4.78 is 7.71. The molecule has 0 aromatic rings. The highest BCUT2D eigenvalue weighted by Gasteiger charge is 2.54. The number of halogens is 3. The predicted octanol–water partition coefficient (Wildman–Crippen LogP) is 1.14. The second-order valence-corrected chi connectivity index (χ2v) is 9.74. The first-order valence-electron chi connectivity index (χ1n) is 7.75. The Kier molecular flexibility index (Phi) is 7.85. The number of esters is 1. The summed E-state index contributed by atoms with van der Waals surface area (Å²) in [5, 5.41) is 13.5. The van der Waals surface area contributed by atoms with Crippen LogP contribution in [-0.4, -0.2) is 73.2 Å². The molecule has 160 valence electrons. The lowest BCUT2D eigenvalue weighted by atomic mass is 10.0. The number of amides is 2. The molecule has 0 aromatic heterocycles. The number of thioether (sulfide) groups is 1. The van der Waals surface area contributed by atoms with E-state index in [9.17, 15) is 24.3 Å². The number of nitrogens with one attached hydrogen (secondary N) is 2. The lowest BCUT2D eigenvalue weighted by molar-refractivity contribution is -0.148. The molecule has 0 aromatic carbocycles. The molecule has 2 heterocycles. The number of carboxylic acids is 1. The van der Waals surface area contributed by atoms with Crippen LogP contribution in [0.25, 0.3) is 0 Å². The van der Waals surface area contributed by atoms with Gasteiger partial charge in [-0.05, 0) is 12.2 Å². The highest BCUT2D eigenvalue weighted by atomic mass is 35.6. The number of carbonyl (C=O) groups excluding carboxylic acids is 3. The minimum Gasteiger partial charge on any atom is -0.477 e. The van der Waals surface area contributed by atoms with Gasteiger partial charge in [0, 0.05) is 18.2 Å². The monoisotopic (exact) mass is 505 g/mol. The normalized spacial score (nSPS) is 21.0. The summed E-state index contributed by atoms with van der Waals surface area (Å²) >= 11 is 22.6. The van der Waals surface area contributed by atoms with Crippen LogP contribution in [-0.2, 0) is 23.9 Å². The van der Waals surface area contributed by atoms with E-state index in [-0.39, 0.29) is 23.2 Å². The Morgan fingerprint density at radius 2 is 2.00 bits per heavy atom. The lowest BCUT2D eigenvalue weighted by Crippen LogP contribution is -2.71. The highest BCUT2D eigenvalue weighted by molar-refractivity contribution is 8.00. The van der Waals surface area contributed by atoms with E-state index in [0.29, 0.717) is 5.57 Å². The Labute approximate surface area is 189 Å². The van der Waals surface area contributed by atoms with Crippen molar-refractivity contribution in [3.63, 3.8) is 0 Å². The fraction of sp³-hybridized carbons (Fsp3) is 0.500. The Hall–Kier alpha value is -1.47. The van der Waals surface area contributed by atoms with Crippen LogP contribution >= 0.6 is 58.8 Å². The van der Waals surface area contributed by atoms with Gasteiger partial charge in [0.1, 0.15) is 30.3 Å². The first-order valence-corrected chi connectivity index (χ1v) is 10.3. The molecule has 2 amide bonds. The van der Waals surface area contributed by atoms with Crippen molar-refractivity contribution in [3.05, 3.63) is 11.3 Å². The van der Waals surface area contributed by atoms with Crippen molar-refractivity contribution in [2.24, 2.45) is 0 Å². The SMILES string of the molecule is CC(=O)OCC1=C(C(=O)O)N2C(=O)[C@@H](NC(=S)NC(=O)OCC(Cl)(Cl)Cl)[C@H]2SC1. The molecule has 2 aliphatic rings. The number of hydrogen-bond acceptors (Lipinski definition) is 8. The highest BCUT2D eigenvalue weighted by Crippen LogP contribution is 2.40. The lowest BCUT2D eigenvalue weighted by Gasteiger charge is -2.49. The van der Waals surface area contributed by atoms with E-state index in [2.05, 4.69) is 15.4 Å². The van der Waals surface area contributed by atoms with Crippen molar-refractivity contribution >= 4 is 87.8 Å². The maximum Gasteiger partial charge on any atom is 0.413 e. The van der Waals surface area contributed by atoms with Crippen molar-refractivity contribution in [1.29, 1.82) is 0 Å². The van der Waals surface area contributed by atoms with Gasteiger partial charge in [-0.3, -0.25) is 19.8 Å². The van der Waals surface area contributed by atoms with E-state index >= 15 is 0 Å². The zero-order valence-electron chi connectivity index (χ0n) is 14.6. The third kappa shape index (κ3) is 6.25. The van der Waals surface area contributed by atoms with E-state index in [1.807, 2.05) is 0 Å². The number of aliphatic carboxylic acids is 1. The maximum absolute atomic E-state index is 12.5. The number of ether oxygens (including phenoxy) is 2. The molecule has 2 aliphatic heterocycles. The summed E-state index contributed by atoms with van der Waals surface area (Å²) in [7, 11) is 0. The second-order valence-electron chi connectivity index (χ2n) is 5.71. The maximum atomic E-state index is 12.5. The van der Waals surface area contributed by atoms with Gasteiger partial charge in [0.25, 0.3) is 5.91 Å². The zero-order chi connectivity index (χ0) is 21.9. The van der Waals surface area contributed by atoms with E-state index in [1.54, 1.807) is 0 Å². The van der Waals surface area contributed by atoms with Crippen LogP contribution < -0.4 is 10.6 Å². The summed E-state index contributed by atoms with van der Waals surface area (Å²) in [4.78, 5) is 47.7. The van der Waals surface area contributed by atoms with Crippen molar-refractivity contribution in [2.45, 2.75) is 22.1 Å². The number of rotatable bonds is 5. The molecule has 0 unspecified atom stereocenters. The van der Waals surface area contributed by atoms with Crippen LogP contribution in [0.1, 0.15) is 6.92 Å². The van der Waals surface area contributed by atoms with Gasteiger partial charge in [0.05, 0.1) is 0 Å². The van der Waals surface area contributed by atoms with Crippen LogP contribution in [0.3, 0.4) is 0 Å². The third-order valence-corrected chi connectivity index (χ3v) is 5.46. The predicted molar refractivity (Wildman–Crippen MR) is 109 cm³/mol. The van der Waals surface area contributed by atoms with E-state index in [0.717, 1.165) is 4.90 Å². The molecule has 1 fully saturated rings. The van der Waals surface area contributed by atoms with Crippen LogP contribution in [0.4, 0.5) is 4.79 Å². The summed E-state index contributed by atoms with van der Waals surface area (Å²) in [5.41, 5.74) is 0.0655. The van der Waals surface area contributed by atoms with Gasteiger partial charge in [0.2, 0.25) is 3.79 Å². The molecule has 1 saturated heterocycles. The summed E-state index contributed by atoms with van der Waals surface area (Å²) in [6, 6.07) is -0.870. The summed E-state index contributed by atoms with van der Waals surface area (Å²) in [6.07, 6.45) is -0.997. The Balaban J connectivity index is 1.98. The van der Waals surface area contributed by atoms with Gasteiger partial charge in [0.15, 0.2) is 5.11 Å². The molecular weight excluding hydrogens is 493 g/mol. The molecule has 29 heavy (non-hydrogen) atoms. The van der Waals surface area contributed by atoms with Crippen LogP contribution in [0.15, 0.2) is 11.3 Å². The van der Waals surface area contributed by atoms with E-state index in [1.165, 1.54) is 18.7 Å². The third-order valence-electron chi connectivity index (χ3n) is 3.57. The molecule has 0 radical (unpaired) electrons. The molecule has 2 rings (SSSR count). The van der Waals surface area contributed by atoms with Crippen molar-refractivity contribution in [3.8, 4) is 0 Å². The van der Waals surface area contributed by atoms with Crippen LogP contribution in [0.2, 0.25) is 0 Å². The average molecular weight is 507 g/mol. The fourth-order valence-corrected chi connectivity index (χ4v) is 4.14. The first-order chi connectivity index (χ1) is 13.4. The van der Waals surface area contributed by atoms with Gasteiger partial charge in [-0.1, -0.05) is 34.8 Å². The molecule has 0 aliphatic carbocycles. The summed E-state index contributed by atoms with van der Waals surface area (Å²) in [6.45, 7) is 0.451. The number of carboxylic acid groups (broad SMARTS) is 1. The zero-order valence-corrected chi connectivity index (χ0v) is 18.5. The number of hydrogen-bond donors (Lipinski definition) is 3. The van der Waals surface area contributed by atoms with Crippen molar-refractivity contribution < 1.29 is 33.8 Å². The van der Waals surface area contributed by atoms with E-state index < -0.39 is 45.8 Å². The Morgan fingerprint density at radius 1 is 1.34 bits per heavy atom. The number of thiocarbonyl (C=S) groups is 1. The number of carbonyl (C=O) groups is 4. The van der Waals surface area contributed by atoms with Gasteiger partial charge in [-0.15, -0.1) is 11.8 Å². The molecule has 2 atom stereocenters. The largest absolute Gasteiger partial charge is 0.477 e. The number of nitrogens with zero attached hydrogens (tertiary/aromatic N) is 1. The van der Waals surface area contributed by atoms with E-state index in [4.69, 9.17) is 51.8 Å². The van der Waals surface area contributed by atoms with Crippen LogP contribution in [0, 0.1) is 0 Å². The Bertz CT molecular complexity index is 787. The second kappa shape index (κ2) is 9.56. The van der Waals surface area contributed by atoms with Crippen LogP contribution in [0.5, 0.6) is 0 Å². The quantitative estimate of drug-likeness (QED) is 0.216. The minimum absolute atomic E-state index is 0.218. The number of fused-ring (bicyclic) bond motifs is 1. The standard InChI is InChI=1S/C14H14Cl3N3O7S2/c1-5(21)26-2-6-3-29-10-7(9(22)20(10)8(6)11(23)24)18-12(28)19-13(25)27-4-14(15,16)17/h7,10H,2-4H2,1H3,(H,23,24)(H2,18,19,25,28)/t7-,10-/m1/s1. The molecule has 10 nitrogen and oxygen atoms in total. The van der Waals surface area contributed by atoms with Crippen molar-refractivity contribution in [1.82, 2.24) is 15.5 Å². The minimum atomic E-state index is -1.79. The number of β-lactam (4-membered cyclic amide) rings is 1. The van der Waals surface area contributed by atoms with Gasteiger partial charge in [-0.2, -0.15) is 0 Å². The first kappa shape index (κ1) is 23.8. The summed E-state index contributed by atoms with van der Waals surface area (Å²) in [5.74, 6) is -2.23. The molecule has 3 N–H and O–H groups in total. The topological polar surface area (TPSA) is 134 Å². The van der Waals surface area contributed by atoms with Gasteiger partial charge >= 0.3 is 18.0 Å². The fourth-order valence-electron chi connectivity index (χ4n) is 2.44. The molecule has 0 spiro atoms. The molecule has 0 saturated carbocycles. The van der Waals surface area contributed by atoms with Crippen molar-refractivity contribution in [2.75, 3.05) is 19.0 Å². The molecular formula is C14H14Cl3N3O7S2. The molecule has 15 heteroatoms. The van der Waals surface area contributed by atoms with Gasteiger partial charge in [-0.25, -0.2) is 9.59 Å². The number of alkyl halides is 3. The molecule has 0 bridgehead atoms. The number of alkyl carbamates (subject to hydrolysis) is 1. The smallest absolute Gasteiger partial charge is 0.413 e. The average Bonchev–Trinajstić information content (AvgIpc) is 2.61.